The Morgan fingerprint density at radius 3 is 2.40 bits per heavy atom. The summed E-state index contributed by atoms with van der Waals surface area (Å²) in [4.78, 5) is 12.4. The molecule has 9 atom stereocenters. The van der Waals surface area contributed by atoms with Gasteiger partial charge in [0.25, 0.3) is 0 Å². The first kappa shape index (κ1) is 18.0. The van der Waals surface area contributed by atoms with Crippen LogP contribution in [-0.2, 0) is 4.79 Å². The number of Topliss-reactive ketones (excluding diaryl/α,β-unsaturated/α-hetero) is 1. The van der Waals surface area contributed by atoms with Gasteiger partial charge in [-0.1, -0.05) is 20.8 Å². The zero-order valence-corrected chi connectivity index (χ0v) is 16.4. The van der Waals surface area contributed by atoms with E-state index in [2.05, 4.69) is 20.8 Å². The second kappa shape index (κ2) is 5.55. The van der Waals surface area contributed by atoms with Crippen molar-refractivity contribution >= 4 is 5.78 Å². The molecule has 0 bridgehead atoms. The molecule has 2 N–H and O–H groups in total. The lowest BCUT2D eigenvalue weighted by Crippen LogP contribution is -2.59. The first-order chi connectivity index (χ1) is 11.6. The Hall–Kier alpha value is -0.410. The Bertz CT molecular complexity index is 574. The van der Waals surface area contributed by atoms with E-state index < -0.39 is 5.60 Å². The molecule has 3 heteroatoms. The van der Waals surface area contributed by atoms with Crippen LogP contribution in [0.5, 0.6) is 0 Å². The standard InChI is InChI=1S/C22H36O3/c1-13-11-19-17-6-5-15-12-16(24)7-9-20(15,3)18(17)8-10-21(19,4)22(13,25)14(2)23/h13,15-19,24-25H,5-12H2,1-4H3/t13-,15+,16-,17+,18-,19-,20+,21+,22+/m1/s1. The Kier molecular flexibility index (Phi) is 3.99. The summed E-state index contributed by atoms with van der Waals surface area (Å²) >= 11 is 0. The Balaban J connectivity index is 1.67. The summed E-state index contributed by atoms with van der Waals surface area (Å²) in [6.45, 7) is 8.37. The summed E-state index contributed by atoms with van der Waals surface area (Å²) in [5.41, 5.74) is -1.04. The molecule has 0 heterocycles. The molecule has 0 radical (unpaired) electrons. The lowest BCUT2D eigenvalue weighted by Gasteiger charge is -2.61. The van der Waals surface area contributed by atoms with Crippen molar-refractivity contribution in [3.63, 3.8) is 0 Å². The average molecular weight is 349 g/mol. The molecule has 25 heavy (non-hydrogen) atoms. The van der Waals surface area contributed by atoms with Crippen molar-refractivity contribution in [3.8, 4) is 0 Å². The van der Waals surface area contributed by atoms with Crippen molar-refractivity contribution in [1.82, 2.24) is 0 Å². The van der Waals surface area contributed by atoms with Gasteiger partial charge in [0.2, 0.25) is 0 Å². The first-order valence-corrected chi connectivity index (χ1v) is 10.6. The molecule has 0 spiro atoms. The van der Waals surface area contributed by atoms with E-state index in [1.54, 1.807) is 6.92 Å². The van der Waals surface area contributed by atoms with Crippen molar-refractivity contribution in [1.29, 1.82) is 0 Å². The van der Waals surface area contributed by atoms with Gasteiger partial charge in [-0.15, -0.1) is 0 Å². The van der Waals surface area contributed by atoms with E-state index in [-0.39, 0.29) is 23.2 Å². The highest BCUT2D eigenvalue weighted by Crippen LogP contribution is 2.69. The third-order valence-electron chi connectivity index (χ3n) is 9.76. The van der Waals surface area contributed by atoms with Gasteiger partial charge >= 0.3 is 0 Å². The second-order valence-electron chi connectivity index (χ2n) is 10.5. The van der Waals surface area contributed by atoms with Gasteiger partial charge in [0.15, 0.2) is 5.78 Å². The Labute approximate surface area is 152 Å². The summed E-state index contributed by atoms with van der Waals surface area (Å²) in [5.74, 6) is 2.53. The summed E-state index contributed by atoms with van der Waals surface area (Å²) in [6.07, 6.45) is 8.53. The Morgan fingerprint density at radius 2 is 1.72 bits per heavy atom. The number of aliphatic hydroxyl groups is 2. The smallest absolute Gasteiger partial charge is 0.162 e. The van der Waals surface area contributed by atoms with Crippen LogP contribution in [0.15, 0.2) is 0 Å². The van der Waals surface area contributed by atoms with Gasteiger partial charge in [-0.25, -0.2) is 0 Å². The number of fused-ring (bicyclic) bond motifs is 5. The lowest BCUT2D eigenvalue weighted by molar-refractivity contribution is -0.175. The van der Waals surface area contributed by atoms with E-state index >= 15 is 0 Å². The van der Waals surface area contributed by atoms with Crippen LogP contribution in [0.3, 0.4) is 0 Å². The number of carbonyl (C=O) groups is 1. The van der Waals surface area contributed by atoms with E-state index in [4.69, 9.17) is 0 Å². The van der Waals surface area contributed by atoms with E-state index in [0.29, 0.717) is 29.1 Å². The molecule has 0 aromatic heterocycles. The third kappa shape index (κ3) is 2.15. The minimum atomic E-state index is -1.14. The maximum Gasteiger partial charge on any atom is 0.162 e. The molecule has 0 saturated heterocycles. The highest BCUT2D eigenvalue weighted by atomic mass is 16.3. The summed E-state index contributed by atoms with van der Waals surface area (Å²) in [5, 5.41) is 21.6. The molecule has 4 rings (SSSR count). The summed E-state index contributed by atoms with van der Waals surface area (Å²) in [6, 6.07) is 0. The first-order valence-electron chi connectivity index (χ1n) is 10.6. The average Bonchev–Trinajstić information content (AvgIpc) is 2.77. The highest BCUT2D eigenvalue weighted by Gasteiger charge is 2.68. The minimum absolute atomic E-state index is 0.0239. The van der Waals surface area contributed by atoms with Crippen LogP contribution in [0, 0.1) is 40.4 Å². The SMILES string of the molecule is CC(=O)[C@@]1(O)[C@H](C)C[C@@H]2[C@H]3CC[C@H]4C[C@H](O)CC[C@]4(C)[C@@H]3CC[C@@]21C. The van der Waals surface area contributed by atoms with Crippen molar-refractivity contribution in [2.24, 2.45) is 40.4 Å². The van der Waals surface area contributed by atoms with Gasteiger partial charge < -0.3 is 10.2 Å². The van der Waals surface area contributed by atoms with Crippen LogP contribution in [0.1, 0.15) is 79.1 Å². The molecule has 4 saturated carbocycles. The van der Waals surface area contributed by atoms with Crippen molar-refractivity contribution < 1.29 is 15.0 Å². The minimum Gasteiger partial charge on any atom is -0.393 e. The fraction of sp³-hybridized carbons (Fsp3) is 0.955. The lowest BCUT2D eigenvalue weighted by atomic mass is 9.44. The van der Waals surface area contributed by atoms with Gasteiger partial charge in [0, 0.05) is 5.41 Å². The van der Waals surface area contributed by atoms with Crippen molar-refractivity contribution in [2.45, 2.75) is 90.8 Å². The fourth-order valence-corrected chi connectivity index (χ4v) is 8.33. The van der Waals surface area contributed by atoms with Crippen molar-refractivity contribution in [2.75, 3.05) is 0 Å². The molecule has 0 aromatic rings. The number of hydrogen-bond acceptors (Lipinski definition) is 3. The highest BCUT2D eigenvalue weighted by molar-refractivity contribution is 5.86. The van der Waals surface area contributed by atoms with Crippen LogP contribution < -0.4 is 0 Å². The number of ketones is 1. The van der Waals surface area contributed by atoms with Gasteiger partial charge in [-0.2, -0.15) is 0 Å². The van der Waals surface area contributed by atoms with Crippen molar-refractivity contribution in [3.05, 3.63) is 0 Å². The third-order valence-corrected chi connectivity index (χ3v) is 9.76. The number of rotatable bonds is 1. The predicted molar refractivity (Wildman–Crippen MR) is 97.9 cm³/mol. The maximum absolute atomic E-state index is 12.4. The topological polar surface area (TPSA) is 57.5 Å². The molecule has 4 aliphatic rings. The van der Waals surface area contributed by atoms with E-state index in [1.807, 2.05) is 0 Å². The summed E-state index contributed by atoms with van der Waals surface area (Å²) < 4.78 is 0. The largest absolute Gasteiger partial charge is 0.393 e. The molecular weight excluding hydrogens is 312 g/mol. The predicted octanol–water partition coefficient (Wildman–Crippen LogP) is 3.96. The van der Waals surface area contributed by atoms with E-state index in [9.17, 15) is 15.0 Å². The van der Waals surface area contributed by atoms with Gasteiger partial charge in [-0.05, 0) is 93.3 Å². The van der Waals surface area contributed by atoms with Crippen LogP contribution in [-0.4, -0.2) is 27.7 Å². The fourth-order valence-electron chi connectivity index (χ4n) is 8.33. The normalized spacial score (nSPS) is 58.2. The summed E-state index contributed by atoms with van der Waals surface area (Å²) in [7, 11) is 0. The van der Waals surface area contributed by atoms with Crippen LogP contribution in [0.4, 0.5) is 0 Å². The van der Waals surface area contributed by atoms with E-state index in [0.717, 1.165) is 38.5 Å². The molecule has 3 nitrogen and oxygen atoms in total. The molecule has 4 fully saturated rings. The monoisotopic (exact) mass is 348 g/mol. The maximum atomic E-state index is 12.4. The molecule has 0 aliphatic heterocycles. The molecular formula is C22H36O3. The number of carbonyl (C=O) groups excluding carboxylic acids is 1. The molecule has 0 unspecified atom stereocenters. The zero-order valence-electron chi connectivity index (χ0n) is 16.4. The molecule has 4 aliphatic carbocycles. The molecule has 0 aromatic carbocycles. The molecule has 0 amide bonds. The molecule has 142 valence electrons. The zero-order chi connectivity index (χ0) is 18.2. The Morgan fingerprint density at radius 1 is 1.00 bits per heavy atom. The second-order valence-corrected chi connectivity index (χ2v) is 10.5. The van der Waals surface area contributed by atoms with Gasteiger partial charge in [0.05, 0.1) is 6.10 Å². The van der Waals surface area contributed by atoms with E-state index in [1.165, 1.54) is 12.8 Å². The van der Waals surface area contributed by atoms with Crippen LogP contribution in [0.25, 0.3) is 0 Å². The van der Waals surface area contributed by atoms with Gasteiger partial charge in [0.1, 0.15) is 5.60 Å². The number of hydrogen-bond donors (Lipinski definition) is 2. The number of aliphatic hydroxyl groups excluding tert-OH is 1. The van der Waals surface area contributed by atoms with Gasteiger partial charge in [-0.3, -0.25) is 4.79 Å². The van der Waals surface area contributed by atoms with Crippen LogP contribution in [0.2, 0.25) is 0 Å². The van der Waals surface area contributed by atoms with Crippen LogP contribution >= 0.6 is 0 Å². The quantitative estimate of drug-likeness (QED) is 0.754.